The standard InChI is InChI=1S/C9H10N6O3S/c10-8(17)12-6(16)4-19-9-14-13-7(15(9)11)5-2-1-3-18-5/h1-3H,4,11H2,(H3,10,12,16,17). The maximum Gasteiger partial charge on any atom is 0.318 e. The van der Waals surface area contributed by atoms with E-state index in [1.807, 2.05) is 5.32 Å². The molecule has 19 heavy (non-hydrogen) atoms. The lowest BCUT2D eigenvalue weighted by atomic mass is 10.4. The van der Waals surface area contributed by atoms with Gasteiger partial charge >= 0.3 is 6.03 Å². The van der Waals surface area contributed by atoms with Crippen molar-refractivity contribution < 1.29 is 14.0 Å². The number of amides is 3. The normalized spacial score (nSPS) is 10.3. The molecule has 5 N–H and O–H groups in total. The number of nitrogens with one attached hydrogen (secondary N) is 1. The molecule has 0 atom stereocenters. The predicted molar refractivity (Wildman–Crippen MR) is 66.3 cm³/mol. The predicted octanol–water partition coefficient (Wildman–Crippen LogP) is -0.461. The van der Waals surface area contributed by atoms with Crippen molar-refractivity contribution in [3.8, 4) is 11.6 Å². The summed E-state index contributed by atoms with van der Waals surface area (Å²) < 4.78 is 6.33. The molecular weight excluding hydrogens is 272 g/mol. The summed E-state index contributed by atoms with van der Waals surface area (Å²) in [6.07, 6.45) is 1.48. The minimum atomic E-state index is -0.906. The van der Waals surface area contributed by atoms with Crippen molar-refractivity contribution in [2.75, 3.05) is 11.6 Å². The van der Waals surface area contributed by atoms with Gasteiger partial charge in [-0.1, -0.05) is 11.8 Å². The van der Waals surface area contributed by atoms with Crippen molar-refractivity contribution in [1.82, 2.24) is 20.2 Å². The van der Waals surface area contributed by atoms with E-state index in [0.29, 0.717) is 16.7 Å². The van der Waals surface area contributed by atoms with Gasteiger partial charge in [-0.3, -0.25) is 10.1 Å². The third kappa shape index (κ3) is 3.04. The van der Waals surface area contributed by atoms with Crippen LogP contribution in [0.1, 0.15) is 0 Å². The fourth-order valence-corrected chi connectivity index (χ4v) is 1.91. The summed E-state index contributed by atoms with van der Waals surface area (Å²) in [7, 11) is 0. The molecule has 2 rings (SSSR count). The molecule has 0 spiro atoms. The summed E-state index contributed by atoms with van der Waals surface area (Å²) in [4.78, 5) is 21.7. The van der Waals surface area contributed by atoms with Crippen LogP contribution in [0.15, 0.2) is 28.0 Å². The molecule has 9 nitrogen and oxygen atoms in total. The topological polar surface area (TPSA) is 142 Å². The van der Waals surface area contributed by atoms with Crippen LogP contribution in [0.25, 0.3) is 11.6 Å². The molecule has 3 amide bonds. The number of primary amides is 1. The molecule has 0 saturated heterocycles. The molecule has 2 aromatic heterocycles. The lowest BCUT2D eigenvalue weighted by molar-refractivity contribution is -0.117. The van der Waals surface area contributed by atoms with E-state index in [1.165, 1.54) is 10.9 Å². The van der Waals surface area contributed by atoms with Gasteiger partial charge in [0.15, 0.2) is 5.76 Å². The van der Waals surface area contributed by atoms with Gasteiger partial charge in [0.2, 0.25) is 16.9 Å². The molecular formula is C9H10N6O3S. The van der Waals surface area contributed by atoms with Crippen molar-refractivity contribution in [1.29, 1.82) is 0 Å². The number of furan rings is 1. The zero-order valence-corrected chi connectivity index (χ0v) is 10.4. The van der Waals surface area contributed by atoms with Gasteiger partial charge in [-0.05, 0) is 12.1 Å². The highest BCUT2D eigenvalue weighted by Gasteiger charge is 2.15. The smallest absolute Gasteiger partial charge is 0.318 e. The first-order valence-electron chi connectivity index (χ1n) is 5.04. The third-order valence-electron chi connectivity index (χ3n) is 2.00. The number of nitrogens with two attached hydrogens (primary N) is 2. The highest BCUT2D eigenvalue weighted by atomic mass is 32.2. The second-order valence-corrected chi connectivity index (χ2v) is 4.30. The number of nitrogens with zero attached hydrogens (tertiary/aromatic N) is 3. The van der Waals surface area contributed by atoms with Gasteiger partial charge in [0, 0.05) is 0 Å². The van der Waals surface area contributed by atoms with Crippen molar-refractivity contribution >= 4 is 23.7 Å². The van der Waals surface area contributed by atoms with Crippen LogP contribution in [-0.4, -0.2) is 32.6 Å². The second-order valence-electron chi connectivity index (χ2n) is 3.35. The van der Waals surface area contributed by atoms with Gasteiger partial charge in [0.05, 0.1) is 12.0 Å². The summed E-state index contributed by atoms with van der Waals surface area (Å²) in [6.45, 7) is 0. The fourth-order valence-electron chi connectivity index (χ4n) is 1.25. The number of nitrogen functional groups attached to an aromatic ring is 1. The van der Waals surface area contributed by atoms with Crippen molar-refractivity contribution in [3.63, 3.8) is 0 Å². The van der Waals surface area contributed by atoms with Gasteiger partial charge in [-0.25, -0.2) is 9.47 Å². The Morgan fingerprint density at radius 2 is 2.26 bits per heavy atom. The maximum absolute atomic E-state index is 11.2. The van der Waals surface area contributed by atoms with E-state index in [2.05, 4.69) is 10.2 Å². The minimum Gasteiger partial charge on any atom is -0.461 e. The molecule has 100 valence electrons. The van der Waals surface area contributed by atoms with Crippen molar-refractivity contribution in [2.45, 2.75) is 5.16 Å². The molecule has 0 bridgehead atoms. The molecule has 0 aliphatic rings. The lowest BCUT2D eigenvalue weighted by Crippen LogP contribution is -2.36. The number of rotatable bonds is 4. The molecule has 0 aliphatic carbocycles. The van der Waals surface area contributed by atoms with Gasteiger partial charge in [-0.2, -0.15) is 0 Å². The number of thioether (sulfide) groups is 1. The summed E-state index contributed by atoms with van der Waals surface area (Å²) in [5.74, 6) is 5.97. The van der Waals surface area contributed by atoms with Crippen LogP contribution in [0.3, 0.4) is 0 Å². The van der Waals surface area contributed by atoms with Crippen molar-refractivity contribution in [3.05, 3.63) is 18.4 Å². The molecule has 0 aliphatic heterocycles. The summed E-state index contributed by atoms with van der Waals surface area (Å²) in [5, 5.41) is 9.90. The first-order chi connectivity index (χ1) is 9.08. The Bertz CT molecular complexity index is 593. The monoisotopic (exact) mass is 282 g/mol. The van der Waals surface area contributed by atoms with Gasteiger partial charge < -0.3 is 16.0 Å². The second kappa shape index (κ2) is 5.44. The highest BCUT2D eigenvalue weighted by molar-refractivity contribution is 7.99. The van der Waals surface area contributed by atoms with E-state index in [9.17, 15) is 9.59 Å². The van der Waals surface area contributed by atoms with Crippen LogP contribution in [0.4, 0.5) is 4.79 Å². The van der Waals surface area contributed by atoms with Crippen LogP contribution in [0, 0.1) is 0 Å². The first-order valence-corrected chi connectivity index (χ1v) is 6.03. The quantitative estimate of drug-likeness (QED) is 0.508. The summed E-state index contributed by atoms with van der Waals surface area (Å²) in [6, 6.07) is 2.47. The Balaban J connectivity index is 2.03. The maximum atomic E-state index is 11.2. The SMILES string of the molecule is NC(=O)NC(=O)CSc1nnc(-c2ccco2)n1N. The Hall–Kier alpha value is -2.49. The average molecular weight is 282 g/mol. The summed E-state index contributed by atoms with van der Waals surface area (Å²) in [5.41, 5.74) is 4.81. The average Bonchev–Trinajstić information content (AvgIpc) is 2.95. The molecule has 0 saturated carbocycles. The van der Waals surface area contributed by atoms with E-state index in [0.717, 1.165) is 11.8 Å². The molecule has 2 heterocycles. The molecule has 0 unspecified atom stereocenters. The Morgan fingerprint density at radius 3 is 2.89 bits per heavy atom. The highest BCUT2D eigenvalue weighted by Crippen LogP contribution is 2.21. The van der Waals surface area contributed by atoms with E-state index >= 15 is 0 Å². The van der Waals surface area contributed by atoms with Crippen LogP contribution >= 0.6 is 11.8 Å². The van der Waals surface area contributed by atoms with Crippen LogP contribution in [-0.2, 0) is 4.79 Å². The number of carbonyl (C=O) groups is 2. The van der Waals surface area contributed by atoms with Gasteiger partial charge in [-0.15, -0.1) is 10.2 Å². The van der Waals surface area contributed by atoms with Crippen LogP contribution < -0.4 is 16.9 Å². The third-order valence-corrected chi connectivity index (χ3v) is 2.94. The minimum absolute atomic E-state index is 0.0591. The largest absolute Gasteiger partial charge is 0.461 e. The zero-order valence-electron chi connectivity index (χ0n) is 9.57. The van der Waals surface area contributed by atoms with Crippen molar-refractivity contribution in [2.24, 2.45) is 5.73 Å². The number of hydrogen-bond donors (Lipinski definition) is 3. The number of carbonyl (C=O) groups excluding carboxylic acids is 2. The number of hydrogen-bond acceptors (Lipinski definition) is 7. The number of aromatic nitrogens is 3. The van der Waals surface area contributed by atoms with Crippen LogP contribution in [0.5, 0.6) is 0 Å². The fraction of sp³-hybridized carbons (Fsp3) is 0.111. The number of urea groups is 1. The van der Waals surface area contributed by atoms with E-state index < -0.39 is 11.9 Å². The molecule has 0 fully saturated rings. The van der Waals surface area contributed by atoms with Gasteiger partial charge in [0.1, 0.15) is 0 Å². The van der Waals surface area contributed by atoms with Crippen LogP contribution in [0.2, 0.25) is 0 Å². The zero-order chi connectivity index (χ0) is 13.8. The van der Waals surface area contributed by atoms with Gasteiger partial charge in [0.25, 0.3) is 0 Å². The Kier molecular flexibility index (Phi) is 3.71. The molecule has 2 aromatic rings. The molecule has 0 radical (unpaired) electrons. The van der Waals surface area contributed by atoms with E-state index in [4.69, 9.17) is 16.0 Å². The molecule has 0 aromatic carbocycles. The lowest BCUT2D eigenvalue weighted by Gasteiger charge is -2.01. The Labute approximate surface area is 111 Å². The number of imide groups is 1. The first kappa shape index (κ1) is 13.0. The van der Waals surface area contributed by atoms with E-state index in [-0.39, 0.29) is 5.75 Å². The van der Waals surface area contributed by atoms with E-state index in [1.54, 1.807) is 12.1 Å². The molecule has 10 heteroatoms. The Morgan fingerprint density at radius 1 is 1.47 bits per heavy atom. The summed E-state index contributed by atoms with van der Waals surface area (Å²) >= 11 is 1.02.